The first-order valence-corrected chi connectivity index (χ1v) is 5.93. The average molecular weight is 252 g/mol. The predicted octanol–water partition coefficient (Wildman–Crippen LogP) is 2.23. The molecule has 0 amide bonds. The lowest BCUT2D eigenvalue weighted by molar-refractivity contribution is -0.241. The Hall–Kier alpha value is -1.78. The zero-order chi connectivity index (χ0) is 13.3. The normalized spacial score (nSPS) is 21.3. The molecule has 0 aromatic carbocycles. The summed E-state index contributed by atoms with van der Waals surface area (Å²) in [6.45, 7) is 4.95. The third-order valence-corrected chi connectivity index (χ3v) is 2.95. The van der Waals surface area contributed by atoms with Gasteiger partial charge in [0.25, 0.3) is 5.79 Å². The van der Waals surface area contributed by atoms with Crippen LogP contribution in [0.15, 0.2) is 22.8 Å². The minimum atomic E-state index is -1.19. The summed E-state index contributed by atoms with van der Waals surface area (Å²) in [7, 11) is 0. The molecule has 98 valence electrons. The van der Waals surface area contributed by atoms with Crippen LogP contribution in [0.3, 0.4) is 0 Å². The Kier molecular flexibility index (Phi) is 3.15. The number of ether oxygens (including phenoxy) is 2. The minimum absolute atomic E-state index is 0.351. The molecule has 18 heavy (non-hydrogen) atoms. The van der Waals surface area contributed by atoms with Gasteiger partial charge in [0.1, 0.15) is 5.76 Å². The summed E-state index contributed by atoms with van der Waals surface area (Å²) >= 11 is 0. The van der Waals surface area contributed by atoms with E-state index in [-0.39, 0.29) is 5.92 Å². The molecule has 1 unspecified atom stereocenters. The van der Waals surface area contributed by atoms with Gasteiger partial charge in [-0.2, -0.15) is 0 Å². The second-order valence-corrected chi connectivity index (χ2v) is 4.75. The van der Waals surface area contributed by atoms with Crippen molar-refractivity contribution in [3.05, 3.63) is 24.2 Å². The van der Waals surface area contributed by atoms with Crippen LogP contribution in [0.2, 0.25) is 0 Å². The van der Waals surface area contributed by atoms with Crippen LogP contribution in [-0.2, 0) is 19.1 Å². The summed E-state index contributed by atoms with van der Waals surface area (Å²) in [5.74, 6) is -3.01. The first-order valence-electron chi connectivity index (χ1n) is 5.93. The molecule has 1 atom stereocenters. The Morgan fingerprint density at radius 1 is 1.28 bits per heavy atom. The van der Waals surface area contributed by atoms with Crippen molar-refractivity contribution in [3.8, 4) is 0 Å². The van der Waals surface area contributed by atoms with E-state index in [9.17, 15) is 9.59 Å². The van der Waals surface area contributed by atoms with Crippen molar-refractivity contribution < 1.29 is 23.5 Å². The van der Waals surface area contributed by atoms with Crippen LogP contribution < -0.4 is 0 Å². The molecule has 2 heterocycles. The van der Waals surface area contributed by atoms with Crippen molar-refractivity contribution in [3.63, 3.8) is 0 Å². The Labute approximate surface area is 105 Å². The molecule has 0 saturated carbocycles. The van der Waals surface area contributed by atoms with Gasteiger partial charge in [0.2, 0.25) is 0 Å². The monoisotopic (exact) mass is 252 g/mol. The smallest absolute Gasteiger partial charge is 0.324 e. The van der Waals surface area contributed by atoms with E-state index in [0.717, 1.165) is 0 Å². The fourth-order valence-corrected chi connectivity index (χ4v) is 2.16. The summed E-state index contributed by atoms with van der Waals surface area (Å²) in [6, 6.07) is 3.47. The van der Waals surface area contributed by atoms with E-state index >= 15 is 0 Å². The molecule has 0 N–H and O–H groups in total. The molecular weight excluding hydrogens is 236 g/mol. The van der Waals surface area contributed by atoms with Gasteiger partial charge in [-0.15, -0.1) is 0 Å². The molecule has 0 spiro atoms. The molecule has 1 aliphatic rings. The molecule has 1 fully saturated rings. The van der Waals surface area contributed by atoms with E-state index in [1.165, 1.54) is 20.1 Å². The van der Waals surface area contributed by atoms with Crippen LogP contribution in [0.5, 0.6) is 0 Å². The first-order chi connectivity index (χ1) is 8.44. The number of cyclic esters (lactones) is 2. The topological polar surface area (TPSA) is 65.7 Å². The third kappa shape index (κ3) is 2.25. The highest BCUT2D eigenvalue weighted by molar-refractivity contribution is 5.97. The maximum absolute atomic E-state index is 12.0. The SMILES string of the molecule is CCC(c1ccco1)C1C(=O)OC(C)(C)OC1=O. The van der Waals surface area contributed by atoms with Crippen LogP contribution in [0.1, 0.15) is 38.9 Å². The maximum Gasteiger partial charge on any atom is 0.324 e. The van der Waals surface area contributed by atoms with Crippen molar-refractivity contribution in [2.75, 3.05) is 0 Å². The lowest BCUT2D eigenvalue weighted by Gasteiger charge is -2.35. The van der Waals surface area contributed by atoms with Gasteiger partial charge in [0, 0.05) is 19.8 Å². The van der Waals surface area contributed by atoms with Crippen molar-refractivity contribution in [1.82, 2.24) is 0 Å². The number of carbonyl (C=O) groups excluding carboxylic acids is 2. The van der Waals surface area contributed by atoms with Crippen molar-refractivity contribution in [1.29, 1.82) is 0 Å². The number of hydrogen-bond acceptors (Lipinski definition) is 5. The molecule has 1 aliphatic heterocycles. The van der Waals surface area contributed by atoms with E-state index in [0.29, 0.717) is 12.2 Å². The van der Waals surface area contributed by atoms with Gasteiger partial charge < -0.3 is 13.9 Å². The fraction of sp³-hybridized carbons (Fsp3) is 0.538. The quantitative estimate of drug-likeness (QED) is 0.609. The number of hydrogen-bond donors (Lipinski definition) is 0. The van der Waals surface area contributed by atoms with Gasteiger partial charge in [-0.25, -0.2) is 0 Å². The van der Waals surface area contributed by atoms with Crippen LogP contribution >= 0.6 is 0 Å². The van der Waals surface area contributed by atoms with E-state index in [1.807, 2.05) is 6.92 Å². The Morgan fingerprint density at radius 2 is 1.89 bits per heavy atom. The summed E-state index contributed by atoms with van der Waals surface area (Å²) in [5, 5.41) is 0. The van der Waals surface area contributed by atoms with Crippen LogP contribution in [0, 0.1) is 5.92 Å². The third-order valence-electron chi connectivity index (χ3n) is 2.95. The van der Waals surface area contributed by atoms with E-state index in [1.54, 1.807) is 12.1 Å². The van der Waals surface area contributed by atoms with Crippen molar-refractivity contribution in [2.24, 2.45) is 5.92 Å². The molecule has 5 nitrogen and oxygen atoms in total. The average Bonchev–Trinajstić information content (AvgIpc) is 2.74. The number of esters is 2. The van der Waals surface area contributed by atoms with Crippen LogP contribution in [-0.4, -0.2) is 17.7 Å². The summed E-state index contributed by atoms with van der Waals surface area (Å²) < 4.78 is 15.5. The molecule has 2 rings (SSSR count). The lowest BCUT2D eigenvalue weighted by atomic mass is 9.87. The van der Waals surface area contributed by atoms with Gasteiger partial charge in [-0.3, -0.25) is 9.59 Å². The predicted molar refractivity (Wildman–Crippen MR) is 61.5 cm³/mol. The molecule has 0 aliphatic carbocycles. The van der Waals surface area contributed by atoms with Gasteiger partial charge in [-0.05, 0) is 18.6 Å². The Bertz CT molecular complexity index is 426. The summed E-state index contributed by atoms with van der Waals surface area (Å²) in [5.41, 5.74) is 0. The van der Waals surface area contributed by atoms with Crippen molar-refractivity contribution >= 4 is 11.9 Å². The molecule has 5 heteroatoms. The van der Waals surface area contributed by atoms with Crippen LogP contribution in [0.25, 0.3) is 0 Å². The molecule has 0 bridgehead atoms. The van der Waals surface area contributed by atoms with Gasteiger partial charge in [0.05, 0.1) is 6.26 Å². The van der Waals surface area contributed by atoms with Crippen molar-refractivity contribution in [2.45, 2.75) is 38.9 Å². The van der Waals surface area contributed by atoms with Gasteiger partial charge in [-0.1, -0.05) is 6.92 Å². The van der Waals surface area contributed by atoms with Gasteiger partial charge in [0.15, 0.2) is 5.92 Å². The molecule has 1 saturated heterocycles. The number of furan rings is 1. The minimum Gasteiger partial charge on any atom is -0.469 e. The van der Waals surface area contributed by atoms with Crippen LogP contribution in [0.4, 0.5) is 0 Å². The fourth-order valence-electron chi connectivity index (χ4n) is 2.16. The number of carbonyl (C=O) groups is 2. The maximum atomic E-state index is 12.0. The molecule has 1 aromatic heterocycles. The standard InChI is InChI=1S/C13H16O5/c1-4-8(9-6-5-7-16-9)10-11(14)17-13(2,3)18-12(10)15/h5-8,10H,4H2,1-3H3. The zero-order valence-corrected chi connectivity index (χ0v) is 10.6. The lowest BCUT2D eigenvalue weighted by Crippen LogP contribution is -2.48. The van der Waals surface area contributed by atoms with E-state index < -0.39 is 23.6 Å². The largest absolute Gasteiger partial charge is 0.469 e. The highest BCUT2D eigenvalue weighted by atomic mass is 16.7. The summed E-state index contributed by atoms with van der Waals surface area (Å²) in [4.78, 5) is 23.9. The Balaban J connectivity index is 2.27. The van der Waals surface area contributed by atoms with Gasteiger partial charge >= 0.3 is 11.9 Å². The Morgan fingerprint density at radius 3 is 2.33 bits per heavy atom. The second-order valence-electron chi connectivity index (χ2n) is 4.75. The molecular formula is C13H16O5. The zero-order valence-electron chi connectivity index (χ0n) is 10.6. The number of rotatable bonds is 3. The first kappa shape index (κ1) is 12.7. The highest BCUT2D eigenvalue weighted by Crippen LogP contribution is 2.35. The van der Waals surface area contributed by atoms with E-state index in [4.69, 9.17) is 13.9 Å². The molecule has 0 radical (unpaired) electrons. The second kappa shape index (κ2) is 4.48. The highest BCUT2D eigenvalue weighted by Gasteiger charge is 2.47. The summed E-state index contributed by atoms with van der Waals surface area (Å²) in [6.07, 6.45) is 2.10. The molecule has 1 aromatic rings. The van der Waals surface area contributed by atoms with E-state index in [2.05, 4.69) is 0 Å².